The number of hydrogen-bond donors (Lipinski definition) is 1. The third kappa shape index (κ3) is 4.64. The van der Waals surface area contributed by atoms with E-state index in [0.29, 0.717) is 17.8 Å². The van der Waals surface area contributed by atoms with Crippen LogP contribution in [0.3, 0.4) is 0 Å². The topological polar surface area (TPSA) is 64.9 Å². The zero-order chi connectivity index (χ0) is 22.2. The van der Waals surface area contributed by atoms with Crippen LogP contribution in [-0.2, 0) is 12.8 Å². The Balaban J connectivity index is 1.23. The van der Waals surface area contributed by atoms with Gasteiger partial charge in [-0.15, -0.1) is 10.2 Å². The number of rotatable bonds is 6. The van der Waals surface area contributed by atoms with Crippen LogP contribution in [0.1, 0.15) is 61.7 Å². The SMILES string of the molecule is Clc1ccc2c(c1)C[C@H](NCC1CC1)Cc1nnc([C@H]3CC[C@H](Oc4ccccn4)CC3)n1-2. The van der Waals surface area contributed by atoms with Crippen molar-refractivity contribution in [2.45, 2.75) is 69.4 Å². The number of ether oxygens (including phenoxy) is 1. The Labute approximate surface area is 199 Å². The minimum Gasteiger partial charge on any atom is -0.474 e. The van der Waals surface area contributed by atoms with Crippen LogP contribution < -0.4 is 10.1 Å². The van der Waals surface area contributed by atoms with Gasteiger partial charge in [-0.05, 0) is 87.2 Å². The fourth-order valence-corrected chi connectivity index (χ4v) is 5.50. The summed E-state index contributed by atoms with van der Waals surface area (Å²) in [6.45, 7) is 1.10. The highest BCUT2D eigenvalue weighted by atomic mass is 35.5. The van der Waals surface area contributed by atoms with E-state index in [9.17, 15) is 0 Å². The van der Waals surface area contributed by atoms with E-state index in [4.69, 9.17) is 26.5 Å². The van der Waals surface area contributed by atoms with Gasteiger partial charge in [0.15, 0.2) is 0 Å². The van der Waals surface area contributed by atoms with E-state index in [1.54, 1.807) is 6.20 Å². The molecule has 0 amide bonds. The van der Waals surface area contributed by atoms with Crippen LogP contribution in [0.25, 0.3) is 5.69 Å². The molecule has 6 rings (SSSR count). The molecule has 3 aliphatic rings. The van der Waals surface area contributed by atoms with Gasteiger partial charge in [-0.1, -0.05) is 17.7 Å². The zero-order valence-electron chi connectivity index (χ0n) is 18.8. The second-order valence-electron chi connectivity index (χ2n) is 9.80. The number of benzene rings is 1. The molecule has 2 aliphatic carbocycles. The first-order valence-electron chi connectivity index (χ1n) is 12.3. The molecule has 7 heteroatoms. The summed E-state index contributed by atoms with van der Waals surface area (Å²) in [5.74, 6) is 4.10. The Morgan fingerprint density at radius 1 is 1.00 bits per heavy atom. The summed E-state index contributed by atoms with van der Waals surface area (Å²) < 4.78 is 8.44. The summed E-state index contributed by atoms with van der Waals surface area (Å²) in [7, 11) is 0. The average Bonchev–Trinajstić information content (AvgIpc) is 3.60. The number of halogens is 1. The first-order chi connectivity index (χ1) is 16.2. The molecule has 2 aromatic heterocycles. The van der Waals surface area contributed by atoms with Gasteiger partial charge in [0.05, 0.1) is 5.69 Å². The number of aromatic nitrogens is 4. The first-order valence-corrected chi connectivity index (χ1v) is 12.6. The quantitative estimate of drug-likeness (QED) is 0.564. The summed E-state index contributed by atoms with van der Waals surface area (Å²) >= 11 is 6.41. The van der Waals surface area contributed by atoms with E-state index in [2.05, 4.69) is 27.0 Å². The van der Waals surface area contributed by atoms with E-state index in [1.807, 2.05) is 24.3 Å². The van der Waals surface area contributed by atoms with Crippen LogP contribution in [0, 0.1) is 5.92 Å². The molecule has 1 N–H and O–H groups in total. The Morgan fingerprint density at radius 3 is 2.67 bits per heavy atom. The molecule has 3 aromatic rings. The third-order valence-electron chi connectivity index (χ3n) is 7.29. The molecule has 0 radical (unpaired) electrons. The number of nitrogens with one attached hydrogen (secondary N) is 1. The van der Waals surface area contributed by atoms with Crippen molar-refractivity contribution < 1.29 is 4.74 Å². The third-order valence-corrected chi connectivity index (χ3v) is 7.52. The molecule has 1 aliphatic heterocycles. The minimum absolute atomic E-state index is 0.213. The Hall–Kier alpha value is -2.44. The smallest absolute Gasteiger partial charge is 0.213 e. The fourth-order valence-electron chi connectivity index (χ4n) is 5.31. The van der Waals surface area contributed by atoms with Crippen molar-refractivity contribution in [1.29, 1.82) is 0 Å². The van der Waals surface area contributed by atoms with Crippen LogP contribution in [0.4, 0.5) is 0 Å². The Bertz CT molecular complexity index is 1110. The van der Waals surface area contributed by atoms with Crippen molar-refractivity contribution in [3.05, 3.63) is 64.8 Å². The van der Waals surface area contributed by atoms with Crippen molar-refractivity contribution in [1.82, 2.24) is 25.1 Å². The highest BCUT2D eigenvalue weighted by Gasteiger charge is 2.32. The molecule has 1 aromatic carbocycles. The molecule has 0 bridgehead atoms. The number of pyridine rings is 1. The molecule has 0 unspecified atom stereocenters. The van der Waals surface area contributed by atoms with Gasteiger partial charge < -0.3 is 10.1 Å². The molecule has 6 nitrogen and oxygen atoms in total. The summed E-state index contributed by atoms with van der Waals surface area (Å²) in [6.07, 6.45) is 10.7. The van der Waals surface area contributed by atoms with E-state index in [-0.39, 0.29) is 6.10 Å². The monoisotopic (exact) mass is 463 g/mol. The molecular formula is C26H30ClN5O. The van der Waals surface area contributed by atoms with Crippen LogP contribution >= 0.6 is 11.6 Å². The summed E-state index contributed by atoms with van der Waals surface area (Å²) in [5, 5.41) is 14.0. The van der Waals surface area contributed by atoms with Gasteiger partial charge in [-0.3, -0.25) is 4.57 Å². The Kier molecular flexibility index (Phi) is 5.80. The molecule has 0 spiro atoms. The van der Waals surface area contributed by atoms with Gasteiger partial charge in [-0.25, -0.2) is 4.98 Å². The summed E-state index contributed by atoms with van der Waals surface area (Å²) in [6, 6.07) is 12.4. The number of hydrogen-bond acceptors (Lipinski definition) is 5. The lowest BCUT2D eigenvalue weighted by molar-refractivity contribution is 0.139. The first kappa shape index (κ1) is 21.1. The second kappa shape index (κ2) is 9.07. The van der Waals surface area contributed by atoms with E-state index in [1.165, 1.54) is 24.1 Å². The van der Waals surface area contributed by atoms with Gasteiger partial charge in [0.1, 0.15) is 17.8 Å². The van der Waals surface area contributed by atoms with Gasteiger partial charge >= 0.3 is 0 Å². The van der Waals surface area contributed by atoms with Gasteiger partial charge in [0, 0.05) is 35.7 Å². The van der Waals surface area contributed by atoms with Crippen LogP contribution in [0.2, 0.25) is 5.02 Å². The lowest BCUT2D eigenvalue weighted by atomic mass is 9.86. The predicted molar refractivity (Wildman–Crippen MR) is 128 cm³/mol. The lowest BCUT2D eigenvalue weighted by Gasteiger charge is -2.28. The standard InChI is InChI=1S/C26H30ClN5O/c27-20-8-11-23-19(13-20)14-21(29-16-17-4-5-17)15-24-30-31-26(32(23)24)18-6-9-22(10-7-18)33-25-3-1-2-12-28-25/h1-3,8,11-13,17-18,21-22,29H,4-7,9-10,14-16H2/t18-,21-,22-/m0/s1. The van der Waals surface area contributed by atoms with Gasteiger partial charge in [0.25, 0.3) is 0 Å². The van der Waals surface area contributed by atoms with Crippen LogP contribution in [0.5, 0.6) is 5.88 Å². The maximum absolute atomic E-state index is 6.41. The van der Waals surface area contributed by atoms with Crippen molar-refractivity contribution in [3.63, 3.8) is 0 Å². The van der Waals surface area contributed by atoms with Crippen molar-refractivity contribution in [2.75, 3.05) is 6.54 Å². The largest absolute Gasteiger partial charge is 0.474 e. The fraction of sp³-hybridized carbons (Fsp3) is 0.500. The number of nitrogens with zero attached hydrogens (tertiary/aromatic N) is 4. The minimum atomic E-state index is 0.213. The van der Waals surface area contributed by atoms with Crippen LogP contribution in [-0.4, -0.2) is 38.4 Å². The second-order valence-corrected chi connectivity index (χ2v) is 10.2. The normalized spacial score (nSPS) is 24.6. The highest BCUT2D eigenvalue weighted by molar-refractivity contribution is 6.30. The van der Waals surface area contributed by atoms with E-state index < -0.39 is 0 Å². The van der Waals surface area contributed by atoms with Gasteiger partial charge in [-0.2, -0.15) is 0 Å². The average molecular weight is 464 g/mol. The summed E-state index contributed by atoms with van der Waals surface area (Å²) in [4.78, 5) is 4.31. The molecule has 33 heavy (non-hydrogen) atoms. The van der Waals surface area contributed by atoms with Crippen molar-refractivity contribution in [2.24, 2.45) is 5.92 Å². The highest BCUT2D eigenvalue weighted by Crippen LogP contribution is 2.37. The molecule has 3 heterocycles. The van der Waals surface area contributed by atoms with E-state index >= 15 is 0 Å². The van der Waals surface area contributed by atoms with E-state index in [0.717, 1.165) is 67.7 Å². The van der Waals surface area contributed by atoms with Crippen molar-refractivity contribution in [3.8, 4) is 11.6 Å². The lowest BCUT2D eigenvalue weighted by Crippen LogP contribution is -2.34. The molecule has 172 valence electrons. The molecule has 2 fully saturated rings. The Morgan fingerprint density at radius 2 is 1.88 bits per heavy atom. The maximum Gasteiger partial charge on any atom is 0.213 e. The molecule has 2 saturated carbocycles. The maximum atomic E-state index is 6.41. The zero-order valence-corrected chi connectivity index (χ0v) is 19.5. The summed E-state index contributed by atoms with van der Waals surface area (Å²) in [5.41, 5.74) is 2.47. The van der Waals surface area contributed by atoms with Gasteiger partial charge in [0.2, 0.25) is 5.88 Å². The number of fused-ring (bicyclic) bond motifs is 3. The van der Waals surface area contributed by atoms with Crippen molar-refractivity contribution >= 4 is 11.6 Å². The predicted octanol–water partition coefficient (Wildman–Crippen LogP) is 4.89. The molecule has 1 atom stereocenters. The molecule has 0 saturated heterocycles. The molecular weight excluding hydrogens is 434 g/mol. The van der Waals surface area contributed by atoms with Crippen LogP contribution in [0.15, 0.2) is 42.6 Å².